The van der Waals surface area contributed by atoms with Crippen molar-refractivity contribution in [1.29, 1.82) is 0 Å². The Balaban J connectivity index is 1.23. The van der Waals surface area contributed by atoms with Crippen LogP contribution in [0.2, 0.25) is 0 Å². The summed E-state index contributed by atoms with van der Waals surface area (Å²) in [5.74, 6) is 1.75. The Bertz CT molecular complexity index is 829. The van der Waals surface area contributed by atoms with Crippen LogP contribution < -0.4 is 20.3 Å². The lowest BCUT2D eigenvalue weighted by atomic mass is 10.2. The summed E-state index contributed by atoms with van der Waals surface area (Å²) < 4.78 is 11.4. The van der Waals surface area contributed by atoms with Crippen LogP contribution >= 0.6 is 0 Å². The summed E-state index contributed by atoms with van der Waals surface area (Å²) in [6.45, 7) is 3.92. The zero-order valence-electron chi connectivity index (χ0n) is 18.0. The number of hydrogen-bond acceptors (Lipinski definition) is 5. The predicted octanol–water partition coefficient (Wildman–Crippen LogP) is 4.34. The van der Waals surface area contributed by atoms with Gasteiger partial charge in [-0.3, -0.25) is 0 Å². The molecule has 0 radical (unpaired) electrons. The number of urea groups is 1. The molecule has 2 aliphatic heterocycles. The minimum absolute atomic E-state index is 0.166. The molecule has 1 aromatic heterocycles. The number of carbonyl (C=O) groups is 1. The highest BCUT2D eigenvalue weighted by atomic mass is 16.5. The first kappa shape index (κ1) is 21.4. The van der Waals surface area contributed by atoms with E-state index in [0.717, 1.165) is 49.7 Å². The number of hydrogen-bond donors (Lipinski definition) is 2. The molecule has 0 aliphatic carbocycles. The molecule has 1 unspecified atom stereocenters. The van der Waals surface area contributed by atoms with Crippen molar-refractivity contribution in [3.63, 3.8) is 0 Å². The lowest BCUT2D eigenvalue weighted by Gasteiger charge is -2.21. The molecule has 1 aromatic carbocycles. The van der Waals surface area contributed by atoms with E-state index in [2.05, 4.69) is 26.6 Å². The van der Waals surface area contributed by atoms with Crippen molar-refractivity contribution in [2.24, 2.45) is 0 Å². The quantitative estimate of drug-likeness (QED) is 0.691. The fourth-order valence-electron chi connectivity index (χ4n) is 3.99. The summed E-state index contributed by atoms with van der Waals surface area (Å²) in [6, 6.07) is 11.2. The normalized spacial score (nSPS) is 19.0. The fraction of sp³-hybridized carbons (Fsp3) is 0.500. The molecule has 0 bridgehead atoms. The smallest absolute Gasteiger partial charge is 0.319 e. The molecule has 2 fully saturated rings. The first-order chi connectivity index (χ1) is 15.3. The second-order valence-corrected chi connectivity index (χ2v) is 8.21. The summed E-state index contributed by atoms with van der Waals surface area (Å²) in [7, 11) is 0. The first-order valence-corrected chi connectivity index (χ1v) is 11.4. The number of carbonyl (C=O) groups excluding carboxylic acids is 1. The molecule has 2 N–H and O–H groups in total. The standard InChI is InChI=1S/C24H32N4O3/c29-24(27-20-7-5-8-21(15-20)31-18-22-9-6-14-30-22)26-17-19-10-11-23(25-16-19)28-12-3-1-2-4-13-28/h5,7-8,10-11,15-16,22H,1-4,6,9,12-14,17-18H2,(H2,26,27,29). The summed E-state index contributed by atoms with van der Waals surface area (Å²) in [4.78, 5) is 19.3. The van der Waals surface area contributed by atoms with Gasteiger partial charge < -0.3 is 25.0 Å². The predicted molar refractivity (Wildman–Crippen MR) is 122 cm³/mol. The zero-order valence-corrected chi connectivity index (χ0v) is 18.0. The van der Waals surface area contributed by atoms with Crippen molar-refractivity contribution in [3.8, 4) is 5.75 Å². The molecule has 7 heteroatoms. The second-order valence-electron chi connectivity index (χ2n) is 8.21. The van der Waals surface area contributed by atoms with Gasteiger partial charge in [-0.25, -0.2) is 9.78 Å². The van der Waals surface area contributed by atoms with Crippen LogP contribution in [0, 0.1) is 0 Å². The van der Waals surface area contributed by atoms with E-state index >= 15 is 0 Å². The van der Waals surface area contributed by atoms with Crippen molar-refractivity contribution in [3.05, 3.63) is 48.2 Å². The van der Waals surface area contributed by atoms with Crippen LogP contribution in [-0.4, -0.2) is 43.4 Å². The molecule has 2 saturated heterocycles. The van der Waals surface area contributed by atoms with Gasteiger partial charge >= 0.3 is 6.03 Å². The average Bonchev–Trinajstić information content (AvgIpc) is 3.17. The maximum absolute atomic E-state index is 12.3. The second kappa shape index (κ2) is 11.0. The molecule has 7 nitrogen and oxygen atoms in total. The highest BCUT2D eigenvalue weighted by Crippen LogP contribution is 2.20. The van der Waals surface area contributed by atoms with E-state index in [-0.39, 0.29) is 12.1 Å². The Labute approximate surface area is 184 Å². The van der Waals surface area contributed by atoms with Gasteiger partial charge in [-0.15, -0.1) is 0 Å². The zero-order chi connectivity index (χ0) is 21.3. The van der Waals surface area contributed by atoms with Gasteiger partial charge in [-0.05, 0) is 49.4 Å². The molecule has 4 rings (SSSR count). The minimum atomic E-state index is -0.257. The number of nitrogens with zero attached hydrogens (tertiary/aromatic N) is 2. The summed E-state index contributed by atoms with van der Waals surface area (Å²) in [5.41, 5.74) is 1.67. The average molecular weight is 425 g/mol. The van der Waals surface area contributed by atoms with Gasteiger partial charge in [0.2, 0.25) is 0 Å². The van der Waals surface area contributed by atoms with Gasteiger partial charge in [0.15, 0.2) is 0 Å². The third-order valence-electron chi connectivity index (χ3n) is 5.74. The maximum atomic E-state index is 12.3. The lowest BCUT2D eigenvalue weighted by molar-refractivity contribution is 0.0680. The third kappa shape index (κ3) is 6.59. The molecule has 0 spiro atoms. The van der Waals surface area contributed by atoms with E-state index in [1.165, 1.54) is 25.7 Å². The Morgan fingerprint density at radius 3 is 2.74 bits per heavy atom. The van der Waals surface area contributed by atoms with Gasteiger partial charge in [0.05, 0.1) is 6.10 Å². The van der Waals surface area contributed by atoms with Gasteiger partial charge in [0, 0.05) is 44.2 Å². The number of anilines is 2. The van der Waals surface area contributed by atoms with E-state index < -0.39 is 0 Å². The van der Waals surface area contributed by atoms with Crippen LogP contribution in [0.3, 0.4) is 0 Å². The molecule has 166 valence electrons. The van der Waals surface area contributed by atoms with Crippen molar-refractivity contribution >= 4 is 17.5 Å². The SMILES string of the molecule is O=C(NCc1ccc(N2CCCCCC2)nc1)Nc1cccc(OCC2CCCO2)c1. The molecule has 2 aromatic rings. The Hall–Kier alpha value is -2.80. The van der Waals surface area contributed by atoms with Crippen molar-refractivity contribution in [2.75, 3.05) is 36.5 Å². The number of aromatic nitrogens is 1. The molecular weight excluding hydrogens is 392 g/mol. The largest absolute Gasteiger partial charge is 0.491 e. The number of ether oxygens (including phenoxy) is 2. The van der Waals surface area contributed by atoms with Crippen LogP contribution in [-0.2, 0) is 11.3 Å². The van der Waals surface area contributed by atoms with Crippen LogP contribution in [0.15, 0.2) is 42.6 Å². The summed E-state index contributed by atoms with van der Waals surface area (Å²) in [5, 5.41) is 5.75. The van der Waals surface area contributed by atoms with E-state index in [1.807, 2.05) is 36.5 Å². The lowest BCUT2D eigenvalue weighted by Crippen LogP contribution is -2.28. The molecule has 3 heterocycles. The van der Waals surface area contributed by atoms with Crippen LogP contribution in [0.1, 0.15) is 44.1 Å². The maximum Gasteiger partial charge on any atom is 0.319 e. The summed E-state index contributed by atoms with van der Waals surface area (Å²) in [6.07, 6.45) is 9.20. The minimum Gasteiger partial charge on any atom is -0.491 e. The van der Waals surface area contributed by atoms with Gasteiger partial charge in [-0.2, -0.15) is 0 Å². The van der Waals surface area contributed by atoms with Crippen molar-refractivity contribution in [1.82, 2.24) is 10.3 Å². The highest BCUT2D eigenvalue weighted by Gasteiger charge is 2.16. The van der Waals surface area contributed by atoms with Crippen LogP contribution in [0.25, 0.3) is 0 Å². The molecule has 31 heavy (non-hydrogen) atoms. The van der Waals surface area contributed by atoms with E-state index in [0.29, 0.717) is 18.8 Å². The third-order valence-corrected chi connectivity index (χ3v) is 5.74. The van der Waals surface area contributed by atoms with E-state index in [1.54, 1.807) is 0 Å². The topological polar surface area (TPSA) is 75.7 Å². The number of amides is 2. The number of nitrogens with one attached hydrogen (secondary N) is 2. The first-order valence-electron chi connectivity index (χ1n) is 11.4. The van der Waals surface area contributed by atoms with Crippen LogP contribution in [0.5, 0.6) is 5.75 Å². The molecule has 2 amide bonds. The Morgan fingerprint density at radius 2 is 2.00 bits per heavy atom. The van der Waals surface area contributed by atoms with Crippen molar-refractivity contribution in [2.45, 2.75) is 51.2 Å². The van der Waals surface area contributed by atoms with E-state index in [4.69, 9.17) is 9.47 Å². The molecule has 1 atom stereocenters. The monoisotopic (exact) mass is 424 g/mol. The van der Waals surface area contributed by atoms with Gasteiger partial charge in [0.1, 0.15) is 18.2 Å². The fourth-order valence-corrected chi connectivity index (χ4v) is 3.99. The number of rotatable bonds is 7. The molecule has 0 saturated carbocycles. The number of pyridine rings is 1. The molecular formula is C24H32N4O3. The van der Waals surface area contributed by atoms with Crippen LogP contribution in [0.4, 0.5) is 16.3 Å². The van der Waals surface area contributed by atoms with Gasteiger partial charge in [0.25, 0.3) is 0 Å². The van der Waals surface area contributed by atoms with E-state index in [9.17, 15) is 4.79 Å². The Kier molecular flexibility index (Phi) is 7.60. The summed E-state index contributed by atoms with van der Waals surface area (Å²) >= 11 is 0. The highest BCUT2D eigenvalue weighted by molar-refractivity contribution is 5.89. The molecule has 2 aliphatic rings. The van der Waals surface area contributed by atoms with Gasteiger partial charge in [-0.1, -0.05) is 25.0 Å². The Morgan fingerprint density at radius 1 is 1.13 bits per heavy atom. The number of benzene rings is 1. The van der Waals surface area contributed by atoms with Crippen molar-refractivity contribution < 1.29 is 14.3 Å².